The van der Waals surface area contributed by atoms with Crippen molar-refractivity contribution in [2.24, 2.45) is 0 Å². The molecule has 0 aliphatic rings. The normalized spacial score (nSPS) is 10.6. The molecule has 0 aromatic carbocycles. The van der Waals surface area contributed by atoms with Crippen molar-refractivity contribution >= 4 is 0 Å². The number of pyridine rings is 1. The van der Waals surface area contributed by atoms with Gasteiger partial charge in [0.15, 0.2) is 0 Å². The van der Waals surface area contributed by atoms with Crippen molar-refractivity contribution in [3.8, 4) is 5.75 Å². The lowest BCUT2D eigenvalue weighted by atomic mass is 10.2. The Balaban J connectivity index is 3.32. The van der Waals surface area contributed by atoms with Gasteiger partial charge in [0, 0.05) is 6.07 Å². The Morgan fingerprint density at radius 2 is 2.29 bits per heavy atom. The predicted molar refractivity (Wildman–Crippen MR) is 44.5 cm³/mol. The van der Waals surface area contributed by atoms with E-state index in [1.54, 1.807) is 0 Å². The summed E-state index contributed by atoms with van der Waals surface area (Å²) in [6.45, 7) is -0.554. The highest BCUT2D eigenvalue weighted by atomic mass is 19.3. The van der Waals surface area contributed by atoms with Crippen LogP contribution in [0.3, 0.4) is 0 Å². The molecular weight excluding hydrogens is 196 g/mol. The van der Waals surface area contributed by atoms with E-state index in [-0.39, 0.29) is 11.3 Å². The maximum Gasteiger partial charge on any atom is 0.278 e. The molecule has 0 aliphatic heterocycles. The van der Waals surface area contributed by atoms with Crippen LogP contribution in [0.25, 0.3) is 0 Å². The van der Waals surface area contributed by atoms with Gasteiger partial charge in [-0.1, -0.05) is 0 Å². The van der Waals surface area contributed by atoms with Crippen LogP contribution in [-0.2, 0) is 6.61 Å². The third-order valence-electron chi connectivity index (χ3n) is 1.73. The van der Waals surface area contributed by atoms with Crippen molar-refractivity contribution in [1.29, 1.82) is 0 Å². The van der Waals surface area contributed by atoms with E-state index in [1.165, 1.54) is 7.11 Å². The molecule has 0 bridgehead atoms. The number of aromatic amines is 1. The van der Waals surface area contributed by atoms with E-state index in [4.69, 9.17) is 9.84 Å². The summed E-state index contributed by atoms with van der Waals surface area (Å²) in [5, 5.41) is 8.77. The highest BCUT2D eigenvalue weighted by molar-refractivity contribution is 5.32. The molecule has 1 aromatic heterocycles. The highest BCUT2D eigenvalue weighted by Gasteiger charge is 2.14. The molecule has 0 spiro atoms. The van der Waals surface area contributed by atoms with Crippen LogP contribution in [0.1, 0.15) is 17.7 Å². The molecular formula is C8H9F2NO3. The van der Waals surface area contributed by atoms with Gasteiger partial charge in [-0.3, -0.25) is 4.79 Å². The second kappa shape index (κ2) is 4.19. The number of hydrogen-bond acceptors (Lipinski definition) is 3. The van der Waals surface area contributed by atoms with E-state index < -0.39 is 24.3 Å². The second-order valence-electron chi connectivity index (χ2n) is 2.56. The fourth-order valence-electron chi connectivity index (χ4n) is 1.03. The molecule has 1 heterocycles. The Labute approximate surface area is 78.1 Å². The van der Waals surface area contributed by atoms with Crippen LogP contribution in [0.15, 0.2) is 10.9 Å². The third-order valence-corrected chi connectivity index (χ3v) is 1.73. The summed E-state index contributed by atoms with van der Waals surface area (Å²) >= 11 is 0. The van der Waals surface area contributed by atoms with E-state index >= 15 is 0 Å². The van der Waals surface area contributed by atoms with E-state index in [0.29, 0.717) is 0 Å². The average Bonchev–Trinajstić information content (AvgIpc) is 2.16. The Bertz CT molecular complexity index is 375. The number of hydrogen-bond donors (Lipinski definition) is 2. The van der Waals surface area contributed by atoms with Gasteiger partial charge in [-0.2, -0.15) is 0 Å². The van der Waals surface area contributed by atoms with Crippen LogP contribution in [0.4, 0.5) is 8.78 Å². The zero-order valence-electron chi connectivity index (χ0n) is 7.38. The van der Waals surface area contributed by atoms with Crippen LogP contribution >= 0.6 is 0 Å². The summed E-state index contributed by atoms with van der Waals surface area (Å²) in [4.78, 5) is 13.1. The van der Waals surface area contributed by atoms with Crippen molar-refractivity contribution in [3.05, 3.63) is 27.7 Å². The third kappa shape index (κ3) is 1.90. The molecule has 14 heavy (non-hydrogen) atoms. The van der Waals surface area contributed by atoms with Crippen molar-refractivity contribution in [2.45, 2.75) is 13.0 Å². The van der Waals surface area contributed by atoms with Crippen LogP contribution in [0.5, 0.6) is 5.75 Å². The molecule has 0 fully saturated rings. The molecule has 0 amide bonds. The van der Waals surface area contributed by atoms with Crippen molar-refractivity contribution in [3.63, 3.8) is 0 Å². The number of ether oxygens (including phenoxy) is 1. The minimum atomic E-state index is -2.77. The number of nitrogens with one attached hydrogen (secondary N) is 1. The molecule has 0 saturated carbocycles. The number of rotatable bonds is 3. The fourth-order valence-corrected chi connectivity index (χ4v) is 1.03. The average molecular weight is 205 g/mol. The zero-order valence-corrected chi connectivity index (χ0v) is 7.38. The first-order valence-electron chi connectivity index (χ1n) is 3.79. The van der Waals surface area contributed by atoms with Gasteiger partial charge in [0.25, 0.3) is 12.0 Å². The summed E-state index contributed by atoms with van der Waals surface area (Å²) in [5.41, 5.74) is -1.34. The molecule has 1 aromatic rings. The molecule has 2 N–H and O–H groups in total. The van der Waals surface area contributed by atoms with E-state index in [1.807, 2.05) is 4.98 Å². The van der Waals surface area contributed by atoms with Crippen LogP contribution < -0.4 is 10.3 Å². The van der Waals surface area contributed by atoms with E-state index in [2.05, 4.69) is 0 Å². The van der Waals surface area contributed by atoms with Crippen LogP contribution in [0, 0.1) is 0 Å². The largest absolute Gasteiger partial charge is 0.496 e. The predicted octanol–water partition coefficient (Wildman–Crippen LogP) is 0.813. The quantitative estimate of drug-likeness (QED) is 0.767. The van der Waals surface area contributed by atoms with Gasteiger partial charge in [-0.25, -0.2) is 8.78 Å². The van der Waals surface area contributed by atoms with Gasteiger partial charge in [0.1, 0.15) is 5.75 Å². The first kappa shape index (κ1) is 10.6. The van der Waals surface area contributed by atoms with Gasteiger partial charge in [-0.15, -0.1) is 0 Å². The van der Waals surface area contributed by atoms with Crippen molar-refractivity contribution in [1.82, 2.24) is 4.98 Å². The minimum absolute atomic E-state index is 0.0356. The van der Waals surface area contributed by atoms with Gasteiger partial charge in [0.05, 0.1) is 25.0 Å². The molecule has 0 atom stereocenters. The molecule has 0 saturated heterocycles. The van der Waals surface area contributed by atoms with E-state index in [9.17, 15) is 13.6 Å². The number of H-pyrrole nitrogens is 1. The smallest absolute Gasteiger partial charge is 0.278 e. The number of aromatic nitrogens is 1. The van der Waals surface area contributed by atoms with Crippen LogP contribution in [0.2, 0.25) is 0 Å². The topological polar surface area (TPSA) is 62.3 Å². The fraction of sp³-hybridized carbons (Fsp3) is 0.375. The second-order valence-corrected chi connectivity index (χ2v) is 2.56. The molecule has 0 aliphatic carbocycles. The maximum absolute atomic E-state index is 12.2. The Hall–Kier alpha value is -1.43. The Morgan fingerprint density at radius 1 is 1.64 bits per heavy atom. The standard InChI is InChI=1S/C8H9F2NO3/c1-14-6-2-5(7(9)10)11-8(13)4(6)3-12/h2,7,12H,3H2,1H3,(H,11,13). The first-order chi connectivity index (χ1) is 6.60. The number of aliphatic hydroxyl groups excluding tert-OH is 1. The summed E-state index contributed by atoms with van der Waals surface area (Å²) < 4.78 is 29.1. The molecule has 6 heteroatoms. The summed E-state index contributed by atoms with van der Waals surface area (Å²) in [5.74, 6) is -0.0356. The van der Waals surface area contributed by atoms with Crippen LogP contribution in [-0.4, -0.2) is 17.2 Å². The first-order valence-corrected chi connectivity index (χ1v) is 3.79. The number of aliphatic hydroxyl groups is 1. The van der Waals surface area contributed by atoms with Gasteiger partial charge < -0.3 is 14.8 Å². The maximum atomic E-state index is 12.2. The van der Waals surface area contributed by atoms with Gasteiger partial charge >= 0.3 is 0 Å². The van der Waals surface area contributed by atoms with Gasteiger partial charge in [-0.05, 0) is 0 Å². The Kier molecular flexibility index (Phi) is 3.19. The zero-order chi connectivity index (χ0) is 10.7. The molecule has 4 nitrogen and oxygen atoms in total. The lowest BCUT2D eigenvalue weighted by molar-refractivity contribution is 0.145. The van der Waals surface area contributed by atoms with Crippen molar-refractivity contribution in [2.75, 3.05) is 7.11 Å². The lowest BCUT2D eigenvalue weighted by Crippen LogP contribution is -2.16. The number of methoxy groups -OCH3 is 1. The molecule has 1 rings (SSSR count). The monoisotopic (exact) mass is 205 g/mol. The summed E-state index contributed by atoms with van der Waals surface area (Å²) in [7, 11) is 1.24. The highest BCUT2D eigenvalue weighted by Crippen LogP contribution is 2.21. The van der Waals surface area contributed by atoms with E-state index in [0.717, 1.165) is 6.07 Å². The molecule has 78 valence electrons. The van der Waals surface area contributed by atoms with Gasteiger partial charge in [0.2, 0.25) is 0 Å². The minimum Gasteiger partial charge on any atom is -0.496 e. The molecule has 0 unspecified atom stereocenters. The summed E-state index contributed by atoms with van der Waals surface area (Å²) in [6.07, 6.45) is -2.77. The lowest BCUT2D eigenvalue weighted by Gasteiger charge is -2.07. The molecule has 0 radical (unpaired) electrons. The Morgan fingerprint density at radius 3 is 2.71 bits per heavy atom. The number of alkyl halides is 2. The SMILES string of the molecule is COc1cc(C(F)F)[nH]c(=O)c1CO. The summed E-state index contributed by atoms with van der Waals surface area (Å²) in [6, 6.07) is 0.998. The van der Waals surface area contributed by atoms with Crippen molar-refractivity contribution < 1.29 is 18.6 Å². The number of halogens is 2.